The molecule has 0 unspecified atom stereocenters. The minimum absolute atomic E-state index is 0.621. The van der Waals surface area contributed by atoms with Crippen LogP contribution in [-0.4, -0.2) is 19.1 Å². The molecule has 1 aromatic rings. The summed E-state index contributed by atoms with van der Waals surface area (Å²) in [5.41, 5.74) is 5.63. The monoisotopic (exact) mass is 204 g/mol. The second kappa shape index (κ2) is 4.23. The van der Waals surface area contributed by atoms with Crippen molar-refractivity contribution >= 4 is 5.69 Å². The molecule has 1 aliphatic heterocycles. The predicted molar refractivity (Wildman–Crippen MR) is 65.6 cm³/mol. The molecule has 1 fully saturated rings. The number of hydrogen-bond donors (Lipinski definition) is 2. The third-order valence-corrected chi connectivity index (χ3v) is 3.33. The molecule has 1 saturated heterocycles. The van der Waals surface area contributed by atoms with Gasteiger partial charge in [0, 0.05) is 18.8 Å². The molecule has 2 heteroatoms. The van der Waals surface area contributed by atoms with Crippen LogP contribution >= 0.6 is 0 Å². The van der Waals surface area contributed by atoms with Gasteiger partial charge < -0.3 is 10.6 Å². The first-order chi connectivity index (χ1) is 7.22. The van der Waals surface area contributed by atoms with Gasteiger partial charge >= 0.3 is 0 Å². The van der Waals surface area contributed by atoms with Crippen molar-refractivity contribution in [3.05, 3.63) is 28.8 Å². The van der Waals surface area contributed by atoms with E-state index < -0.39 is 0 Å². The molecule has 2 N–H and O–H groups in total. The van der Waals surface area contributed by atoms with Crippen molar-refractivity contribution in [1.29, 1.82) is 0 Å². The van der Waals surface area contributed by atoms with Crippen LogP contribution in [0.1, 0.15) is 23.6 Å². The highest BCUT2D eigenvalue weighted by Gasteiger charge is 2.17. The van der Waals surface area contributed by atoms with E-state index in [1.807, 2.05) is 0 Å². The SMILES string of the molecule is CCc1c(C)ccc(NC2CNC2)c1C. The fraction of sp³-hybridized carbons (Fsp3) is 0.538. The van der Waals surface area contributed by atoms with Gasteiger partial charge in [-0.25, -0.2) is 0 Å². The average molecular weight is 204 g/mol. The quantitative estimate of drug-likeness (QED) is 0.789. The van der Waals surface area contributed by atoms with Crippen LogP contribution in [0, 0.1) is 13.8 Å². The minimum Gasteiger partial charge on any atom is -0.380 e. The van der Waals surface area contributed by atoms with Gasteiger partial charge in [0.15, 0.2) is 0 Å². The molecule has 0 saturated carbocycles. The molecule has 2 nitrogen and oxygen atoms in total. The molecule has 1 aliphatic rings. The van der Waals surface area contributed by atoms with Crippen LogP contribution in [0.2, 0.25) is 0 Å². The summed E-state index contributed by atoms with van der Waals surface area (Å²) in [5, 5.41) is 6.86. The van der Waals surface area contributed by atoms with Crippen molar-refractivity contribution in [2.45, 2.75) is 33.2 Å². The molecule has 0 amide bonds. The summed E-state index contributed by atoms with van der Waals surface area (Å²) in [5.74, 6) is 0. The molecule has 2 rings (SSSR count). The number of hydrogen-bond acceptors (Lipinski definition) is 2. The summed E-state index contributed by atoms with van der Waals surface area (Å²) >= 11 is 0. The van der Waals surface area contributed by atoms with Crippen molar-refractivity contribution in [2.24, 2.45) is 0 Å². The lowest BCUT2D eigenvalue weighted by atomic mass is 9.98. The number of aryl methyl sites for hydroxylation is 1. The summed E-state index contributed by atoms with van der Waals surface area (Å²) < 4.78 is 0. The Labute approximate surface area is 92.1 Å². The number of nitrogens with one attached hydrogen (secondary N) is 2. The Balaban J connectivity index is 2.23. The van der Waals surface area contributed by atoms with E-state index in [9.17, 15) is 0 Å². The second-order valence-corrected chi connectivity index (χ2v) is 4.39. The predicted octanol–water partition coefficient (Wildman–Crippen LogP) is 2.25. The lowest BCUT2D eigenvalue weighted by Crippen LogP contribution is -2.51. The highest BCUT2D eigenvalue weighted by atomic mass is 15.1. The van der Waals surface area contributed by atoms with E-state index in [-0.39, 0.29) is 0 Å². The molecule has 82 valence electrons. The number of rotatable bonds is 3. The van der Waals surface area contributed by atoms with Crippen molar-refractivity contribution in [3.8, 4) is 0 Å². The zero-order chi connectivity index (χ0) is 10.8. The Morgan fingerprint density at radius 3 is 2.60 bits per heavy atom. The zero-order valence-corrected chi connectivity index (χ0v) is 9.85. The van der Waals surface area contributed by atoms with Crippen molar-refractivity contribution in [3.63, 3.8) is 0 Å². The summed E-state index contributed by atoms with van der Waals surface area (Å²) in [6.45, 7) is 8.83. The maximum Gasteiger partial charge on any atom is 0.0510 e. The Morgan fingerprint density at radius 1 is 1.33 bits per heavy atom. The Morgan fingerprint density at radius 2 is 2.07 bits per heavy atom. The van der Waals surface area contributed by atoms with Gasteiger partial charge in [-0.15, -0.1) is 0 Å². The lowest BCUT2D eigenvalue weighted by molar-refractivity contribution is 0.472. The first-order valence-electron chi connectivity index (χ1n) is 5.78. The fourth-order valence-electron chi connectivity index (χ4n) is 2.20. The highest BCUT2D eigenvalue weighted by Crippen LogP contribution is 2.23. The van der Waals surface area contributed by atoms with Gasteiger partial charge in [-0.05, 0) is 43.0 Å². The fourth-order valence-corrected chi connectivity index (χ4v) is 2.20. The molecule has 0 bridgehead atoms. The molecule has 15 heavy (non-hydrogen) atoms. The van der Waals surface area contributed by atoms with E-state index >= 15 is 0 Å². The van der Waals surface area contributed by atoms with Crippen LogP contribution in [0.15, 0.2) is 12.1 Å². The molecule has 1 aromatic carbocycles. The first kappa shape index (κ1) is 10.5. The van der Waals surface area contributed by atoms with Crippen LogP contribution in [0.4, 0.5) is 5.69 Å². The van der Waals surface area contributed by atoms with E-state index in [1.54, 1.807) is 0 Å². The van der Waals surface area contributed by atoms with E-state index in [4.69, 9.17) is 0 Å². The van der Waals surface area contributed by atoms with Gasteiger partial charge in [0.2, 0.25) is 0 Å². The number of anilines is 1. The van der Waals surface area contributed by atoms with Gasteiger partial charge in [-0.2, -0.15) is 0 Å². The van der Waals surface area contributed by atoms with E-state index in [2.05, 4.69) is 43.5 Å². The van der Waals surface area contributed by atoms with Crippen LogP contribution in [0.3, 0.4) is 0 Å². The summed E-state index contributed by atoms with van der Waals surface area (Å²) in [7, 11) is 0. The smallest absolute Gasteiger partial charge is 0.0510 e. The maximum absolute atomic E-state index is 3.59. The third kappa shape index (κ3) is 2.00. The van der Waals surface area contributed by atoms with E-state index in [0.29, 0.717) is 6.04 Å². The Hall–Kier alpha value is -1.02. The average Bonchev–Trinajstić information content (AvgIpc) is 2.15. The van der Waals surface area contributed by atoms with Gasteiger partial charge in [0.1, 0.15) is 0 Å². The molecular weight excluding hydrogens is 184 g/mol. The topological polar surface area (TPSA) is 24.1 Å². The van der Waals surface area contributed by atoms with Crippen LogP contribution in [-0.2, 0) is 6.42 Å². The second-order valence-electron chi connectivity index (χ2n) is 4.39. The normalized spacial score (nSPS) is 16.2. The Kier molecular flexibility index (Phi) is 2.96. The van der Waals surface area contributed by atoms with Gasteiger partial charge in [0.05, 0.1) is 6.04 Å². The van der Waals surface area contributed by atoms with Crippen LogP contribution in [0.5, 0.6) is 0 Å². The van der Waals surface area contributed by atoms with Gasteiger partial charge in [0.25, 0.3) is 0 Å². The molecule has 0 atom stereocenters. The standard InChI is InChI=1S/C13H20N2/c1-4-12-9(2)5-6-13(10(12)3)15-11-7-14-8-11/h5-6,11,14-15H,4,7-8H2,1-3H3. The summed E-state index contributed by atoms with van der Waals surface area (Å²) in [6.07, 6.45) is 1.12. The Bertz CT molecular complexity index is 354. The number of benzene rings is 1. The van der Waals surface area contributed by atoms with E-state index in [1.165, 1.54) is 22.4 Å². The molecule has 0 spiro atoms. The lowest BCUT2D eigenvalue weighted by Gasteiger charge is -2.30. The van der Waals surface area contributed by atoms with Crippen molar-refractivity contribution in [1.82, 2.24) is 5.32 Å². The third-order valence-electron chi connectivity index (χ3n) is 3.33. The molecular formula is C13H20N2. The van der Waals surface area contributed by atoms with Crippen LogP contribution < -0.4 is 10.6 Å². The summed E-state index contributed by atoms with van der Waals surface area (Å²) in [6, 6.07) is 5.05. The first-order valence-corrected chi connectivity index (χ1v) is 5.78. The molecule has 0 aromatic heterocycles. The van der Waals surface area contributed by atoms with Gasteiger partial charge in [-0.1, -0.05) is 13.0 Å². The van der Waals surface area contributed by atoms with Crippen molar-refractivity contribution < 1.29 is 0 Å². The van der Waals surface area contributed by atoms with Gasteiger partial charge in [-0.3, -0.25) is 0 Å². The minimum atomic E-state index is 0.621. The van der Waals surface area contributed by atoms with E-state index in [0.717, 1.165) is 19.5 Å². The maximum atomic E-state index is 3.59. The van der Waals surface area contributed by atoms with Crippen LogP contribution in [0.25, 0.3) is 0 Å². The zero-order valence-electron chi connectivity index (χ0n) is 9.85. The molecule has 1 heterocycles. The summed E-state index contributed by atoms with van der Waals surface area (Å²) in [4.78, 5) is 0. The molecule has 0 aliphatic carbocycles. The largest absolute Gasteiger partial charge is 0.380 e. The van der Waals surface area contributed by atoms with Crippen molar-refractivity contribution in [2.75, 3.05) is 18.4 Å². The highest BCUT2D eigenvalue weighted by molar-refractivity contribution is 5.57. The molecule has 0 radical (unpaired) electrons.